The number of nitrogens with one attached hydrogen (secondary N) is 3. The SMILES string of the molecule is CN1NNN=C1c1c[nH]n(-c2ccc(Cl)cc2)c1=S. The number of rotatable bonds is 2. The summed E-state index contributed by atoms with van der Waals surface area (Å²) in [6.07, 6.45) is 1.82. The van der Waals surface area contributed by atoms with E-state index in [1.807, 2.05) is 37.5 Å². The van der Waals surface area contributed by atoms with Crippen LogP contribution in [-0.2, 0) is 0 Å². The maximum absolute atomic E-state index is 5.88. The molecule has 1 aliphatic rings. The number of nitrogens with zero attached hydrogens (tertiary/aromatic N) is 3. The van der Waals surface area contributed by atoms with Crippen LogP contribution in [0.4, 0.5) is 0 Å². The standard InChI is InChI=1S/C11H11ClN6S/c1-17-10(14-15-16-17)9-6-13-18(11(9)19)8-4-2-7(12)3-5-8/h2-6,13,15-16H,1H3. The summed E-state index contributed by atoms with van der Waals surface area (Å²) >= 11 is 11.3. The van der Waals surface area contributed by atoms with E-state index in [4.69, 9.17) is 23.8 Å². The third-order valence-electron chi connectivity index (χ3n) is 2.79. The van der Waals surface area contributed by atoms with Crippen molar-refractivity contribution in [2.45, 2.75) is 0 Å². The number of aromatic amines is 1. The summed E-state index contributed by atoms with van der Waals surface area (Å²) in [6.45, 7) is 0. The van der Waals surface area contributed by atoms with E-state index in [9.17, 15) is 0 Å². The van der Waals surface area contributed by atoms with E-state index in [1.165, 1.54) is 0 Å². The summed E-state index contributed by atoms with van der Waals surface area (Å²) in [7, 11) is 1.85. The van der Waals surface area contributed by atoms with Gasteiger partial charge in [0.25, 0.3) is 0 Å². The van der Waals surface area contributed by atoms with Crippen LogP contribution in [0.2, 0.25) is 5.02 Å². The van der Waals surface area contributed by atoms with Gasteiger partial charge in [-0.3, -0.25) is 10.1 Å². The first-order chi connectivity index (χ1) is 9.16. The van der Waals surface area contributed by atoms with Crippen molar-refractivity contribution in [1.29, 1.82) is 0 Å². The predicted molar refractivity (Wildman–Crippen MR) is 76.5 cm³/mol. The van der Waals surface area contributed by atoms with E-state index in [0.29, 0.717) is 9.66 Å². The number of hydrazine groups is 2. The Morgan fingerprint density at radius 1 is 1.26 bits per heavy atom. The van der Waals surface area contributed by atoms with Crippen LogP contribution in [0, 0.1) is 4.64 Å². The quantitative estimate of drug-likeness (QED) is 0.739. The van der Waals surface area contributed by atoms with Crippen LogP contribution in [0.15, 0.2) is 35.6 Å². The Bertz CT molecular complexity index is 686. The van der Waals surface area contributed by atoms with Gasteiger partial charge < -0.3 is 0 Å². The highest BCUT2D eigenvalue weighted by atomic mass is 35.5. The summed E-state index contributed by atoms with van der Waals surface area (Å²) < 4.78 is 2.45. The number of hydrazone groups is 1. The maximum atomic E-state index is 5.88. The molecule has 0 saturated carbocycles. The number of H-pyrrole nitrogens is 1. The minimum atomic E-state index is 0.651. The molecule has 0 spiro atoms. The third kappa shape index (κ3) is 2.12. The lowest BCUT2D eigenvalue weighted by Gasteiger charge is -2.10. The van der Waals surface area contributed by atoms with Crippen molar-refractivity contribution in [3.05, 3.63) is 45.7 Å². The molecule has 8 heteroatoms. The van der Waals surface area contributed by atoms with Crippen molar-refractivity contribution in [1.82, 2.24) is 25.9 Å². The van der Waals surface area contributed by atoms with Gasteiger partial charge in [-0.25, -0.2) is 10.2 Å². The molecule has 0 unspecified atom stereocenters. The lowest BCUT2D eigenvalue weighted by Crippen LogP contribution is -2.37. The van der Waals surface area contributed by atoms with Crippen LogP contribution in [-0.4, -0.2) is 27.7 Å². The van der Waals surface area contributed by atoms with Gasteiger partial charge in [0.05, 0.1) is 11.3 Å². The summed E-state index contributed by atoms with van der Waals surface area (Å²) in [6, 6.07) is 7.44. The normalized spacial score (nSPS) is 14.4. The molecule has 0 saturated heterocycles. The molecular weight excluding hydrogens is 284 g/mol. The first-order valence-corrected chi connectivity index (χ1v) is 6.34. The molecule has 1 aliphatic heterocycles. The molecule has 0 radical (unpaired) electrons. The molecule has 0 fully saturated rings. The Morgan fingerprint density at radius 2 is 2.00 bits per heavy atom. The maximum Gasteiger partial charge on any atom is 0.177 e. The highest BCUT2D eigenvalue weighted by Gasteiger charge is 2.18. The number of halogens is 1. The third-order valence-corrected chi connectivity index (χ3v) is 3.45. The minimum Gasteiger partial charge on any atom is -0.299 e. The highest BCUT2D eigenvalue weighted by Crippen LogP contribution is 2.16. The smallest absolute Gasteiger partial charge is 0.177 e. The zero-order valence-electron chi connectivity index (χ0n) is 10.0. The molecular formula is C11H11ClN6S. The van der Waals surface area contributed by atoms with Gasteiger partial charge >= 0.3 is 0 Å². The number of aromatic nitrogens is 2. The van der Waals surface area contributed by atoms with Crippen molar-refractivity contribution in [3.63, 3.8) is 0 Å². The molecule has 3 N–H and O–H groups in total. The summed E-state index contributed by atoms with van der Waals surface area (Å²) in [5, 5.41) is 9.69. The second-order valence-corrected chi connectivity index (χ2v) is 4.85. The lowest BCUT2D eigenvalue weighted by atomic mass is 10.3. The van der Waals surface area contributed by atoms with Crippen molar-refractivity contribution in [3.8, 4) is 5.69 Å². The van der Waals surface area contributed by atoms with Crippen LogP contribution in [0.1, 0.15) is 5.56 Å². The van der Waals surface area contributed by atoms with Gasteiger partial charge in [-0.15, -0.1) is 10.6 Å². The molecule has 98 valence electrons. The van der Waals surface area contributed by atoms with Crippen molar-refractivity contribution < 1.29 is 0 Å². The molecule has 19 heavy (non-hydrogen) atoms. The average molecular weight is 295 g/mol. The van der Waals surface area contributed by atoms with E-state index >= 15 is 0 Å². The number of amidine groups is 1. The fourth-order valence-corrected chi connectivity index (χ4v) is 2.27. The van der Waals surface area contributed by atoms with Gasteiger partial charge in [0.2, 0.25) is 0 Å². The van der Waals surface area contributed by atoms with Crippen LogP contribution < -0.4 is 11.1 Å². The highest BCUT2D eigenvalue weighted by molar-refractivity contribution is 7.71. The number of benzene rings is 1. The molecule has 0 atom stereocenters. The zero-order chi connectivity index (χ0) is 13.4. The van der Waals surface area contributed by atoms with Gasteiger partial charge in [0.1, 0.15) is 4.64 Å². The predicted octanol–water partition coefficient (Wildman–Crippen LogP) is 1.80. The summed E-state index contributed by atoms with van der Waals surface area (Å²) in [4.78, 5) is 0. The monoisotopic (exact) mass is 294 g/mol. The van der Waals surface area contributed by atoms with E-state index in [2.05, 4.69) is 21.3 Å². The van der Waals surface area contributed by atoms with E-state index in [0.717, 1.165) is 17.1 Å². The number of hydrogen-bond donors (Lipinski definition) is 3. The fraction of sp³-hybridized carbons (Fsp3) is 0.0909. The van der Waals surface area contributed by atoms with Crippen LogP contribution in [0.25, 0.3) is 5.69 Å². The van der Waals surface area contributed by atoms with Crippen molar-refractivity contribution in [2.24, 2.45) is 5.10 Å². The number of hydrogen-bond acceptors (Lipinski definition) is 5. The molecule has 0 amide bonds. The Hall–Kier alpha value is -1.83. The zero-order valence-corrected chi connectivity index (χ0v) is 11.6. The Balaban J connectivity index is 2.04. The Morgan fingerprint density at radius 3 is 2.63 bits per heavy atom. The molecule has 0 bridgehead atoms. The van der Waals surface area contributed by atoms with E-state index in [1.54, 1.807) is 9.69 Å². The van der Waals surface area contributed by atoms with Gasteiger partial charge in [0.15, 0.2) is 5.84 Å². The van der Waals surface area contributed by atoms with E-state index < -0.39 is 0 Å². The average Bonchev–Trinajstić information content (AvgIpc) is 2.97. The molecule has 2 heterocycles. The molecule has 0 aliphatic carbocycles. The molecule has 1 aromatic heterocycles. The van der Waals surface area contributed by atoms with Crippen molar-refractivity contribution >= 4 is 29.7 Å². The first kappa shape index (κ1) is 12.2. The van der Waals surface area contributed by atoms with Gasteiger partial charge in [-0.05, 0) is 24.3 Å². The van der Waals surface area contributed by atoms with Gasteiger partial charge in [0, 0.05) is 18.3 Å². The lowest BCUT2D eigenvalue weighted by molar-refractivity contribution is 0.349. The van der Waals surface area contributed by atoms with Gasteiger partial charge in [-0.2, -0.15) is 0 Å². The second kappa shape index (κ2) is 4.69. The molecule has 1 aromatic carbocycles. The molecule has 2 aromatic rings. The van der Waals surface area contributed by atoms with E-state index in [-0.39, 0.29) is 0 Å². The van der Waals surface area contributed by atoms with Crippen LogP contribution in [0.3, 0.4) is 0 Å². The summed E-state index contributed by atoms with van der Waals surface area (Å²) in [5.74, 6) is 0.731. The van der Waals surface area contributed by atoms with Crippen LogP contribution in [0.5, 0.6) is 0 Å². The molecule has 3 rings (SSSR count). The Labute approximate surface area is 119 Å². The Kier molecular flexibility index (Phi) is 3.02. The van der Waals surface area contributed by atoms with Gasteiger partial charge in [-0.1, -0.05) is 23.8 Å². The largest absolute Gasteiger partial charge is 0.299 e. The van der Waals surface area contributed by atoms with Crippen molar-refractivity contribution in [2.75, 3.05) is 7.05 Å². The topological polar surface area (TPSA) is 60.4 Å². The first-order valence-electron chi connectivity index (χ1n) is 5.55. The molecule has 6 nitrogen and oxygen atoms in total. The summed E-state index contributed by atoms with van der Waals surface area (Å²) in [5.41, 5.74) is 7.28. The fourth-order valence-electron chi connectivity index (χ4n) is 1.83. The minimum absolute atomic E-state index is 0.651. The second-order valence-electron chi connectivity index (χ2n) is 4.02. The van der Waals surface area contributed by atoms with Crippen LogP contribution >= 0.6 is 23.8 Å².